The number of hydrogen-bond donors (Lipinski definition) is 1. The summed E-state index contributed by atoms with van der Waals surface area (Å²) in [5.74, 6) is 1.15. The predicted octanol–water partition coefficient (Wildman–Crippen LogP) is 6.64. The monoisotopic (exact) mass is 626 g/mol. The maximum Gasteiger partial charge on any atom is 0.338 e. The molecule has 1 heterocycles. The molecule has 0 aromatic heterocycles. The second-order valence-corrected chi connectivity index (χ2v) is 11.0. The highest BCUT2D eigenvalue weighted by Crippen LogP contribution is 2.40. The number of rotatable bonds is 10. The summed E-state index contributed by atoms with van der Waals surface area (Å²) in [6, 6.07) is 26.1. The van der Waals surface area contributed by atoms with Gasteiger partial charge in [0.15, 0.2) is 5.78 Å². The molecule has 1 aliphatic heterocycles. The Hall–Kier alpha value is -5.31. The summed E-state index contributed by atoms with van der Waals surface area (Å²) in [6.45, 7) is 4.11. The van der Waals surface area contributed by atoms with Gasteiger partial charge >= 0.3 is 11.9 Å². The van der Waals surface area contributed by atoms with Gasteiger partial charge in [-0.2, -0.15) is 0 Å². The van der Waals surface area contributed by atoms with Gasteiger partial charge in [0.2, 0.25) is 0 Å². The van der Waals surface area contributed by atoms with Crippen molar-refractivity contribution < 1.29 is 43.2 Å². The number of methoxy groups -OCH3 is 2. The molecule has 9 nitrogen and oxygen atoms in total. The Balaban J connectivity index is 0.000000216. The number of hydrogen-bond acceptors (Lipinski definition) is 9. The van der Waals surface area contributed by atoms with Gasteiger partial charge in [0, 0.05) is 24.0 Å². The van der Waals surface area contributed by atoms with Crippen LogP contribution in [0, 0.1) is 0 Å². The van der Waals surface area contributed by atoms with Crippen LogP contribution in [0.2, 0.25) is 0 Å². The second-order valence-electron chi connectivity index (χ2n) is 11.0. The number of aromatic hydroxyl groups is 1. The molecule has 46 heavy (non-hydrogen) atoms. The standard InChI is InChI=1S/C21H22O5.C16H16O4/c1-21(2)13-17(22)15-9-10-18(24-3)16(19(15)26-21)11-12-25-20(23)14-7-5-4-6-8-14;1-19-15-9-5-8-14(17)13(15)10-11-20-16(18)12-6-3-2-4-7-12/h4-10H,11-13H2,1-3H3;2-9,17H,10-11H2,1H3. The largest absolute Gasteiger partial charge is 0.508 e. The Labute approximate surface area is 268 Å². The maximum atomic E-state index is 12.4. The van der Waals surface area contributed by atoms with Crippen LogP contribution in [0.1, 0.15) is 62.5 Å². The van der Waals surface area contributed by atoms with E-state index >= 15 is 0 Å². The molecule has 1 aliphatic rings. The quantitative estimate of drug-likeness (QED) is 0.193. The molecule has 0 saturated carbocycles. The van der Waals surface area contributed by atoms with Crippen LogP contribution in [0.5, 0.6) is 23.0 Å². The highest BCUT2D eigenvalue weighted by Gasteiger charge is 2.35. The fraction of sp³-hybridized carbons (Fsp3) is 0.270. The van der Waals surface area contributed by atoms with Crippen LogP contribution in [0.4, 0.5) is 0 Å². The molecular formula is C37H38O9. The van der Waals surface area contributed by atoms with Crippen molar-refractivity contribution in [2.24, 2.45) is 0 Å². The van der Waals surface area contributed by atoms with Gasteiger partial charge in [-0.1, -0.05) is 42.5 Å². The van der Waals surface area contributed by atoms with E-state index in [2.05, 4.69) is 0 Å². The third-order valence-corrected chi connectivity index (χ3v) is 7.22. The highest BCUT2D eigenvalue weighted by molar-refractivity contribution is 6.01. The number of Topliss-reactive ketones (excluding diaryl/α,β-unsaturated/α-hetero) is 1. The molecule has 0 amide bonds. The molecule has 0 unspecified atom stereocenters. The number of benzene rings is 4. The molecule has 1 N–H and O–H groups in total. The second kappa shape index (κ2) is 15.6. The first-order chi connectivity index (χ1) is 22.1. The first kappa shape index (κ1) is 33.6. The third kappa shape index (κ3) is 8.65. The van der Waals surface area contributed by atoms with Crippen molar-refractivity contribution in [2.75, 3.05) is 27.4 Å². The zero-order chi connectivity index (χ0) is 33.1. The molecule has 9 heteroatoms. The van der Waals surface area contributed by atoms with Crippen LogP contribution in [0.3, 0.4) is 0 Å². The number of phenolic OH excluding ortho intramolecular Hbond substituents is 1. The summed E-state index contributed by atoms with van der Waals surface area (Å²) in [4.78, 5) is 36.3. The van der Waals surface area contributed by atoms with E-state index in [0.717, 1.165) is 5.56 Å². The van der Waals surface area contributed by atoms with Gasteiger partial charge in [0.1, 0.15) is 28.6 Å². The van der Waals surface area contributed by atoms with E-state index in [0.29, 0.717) is 58.8 Å². The first-order valence-electron chi connectivity index (χ1n) is 14.8. The molecule has 0 atom stereocenters. The van der Waals surface area contributed by atoms with Crippen LogP contribution in [0.25, 0.3) is 0 Å². The lowest BCUT2D eigenvalue weighted by Gasteiger charge is -2.33. The van der Waals surface area contributed by atoms with E-state index in [1.54, 1.807) is 86.0 Å². The maximum absolute atomic E-state index is 12.4. The Morgan fingerprint density at radius 3 is 1.78 bits per heavy atom. The van der Waals surface area contributed by atoms with Crippen molar-refractivity contribution in [3.8, 4) is 23.0 Å². The van der Waals surface area contributed by atoms with E-state index in [9.17, 15) is 19.5 Å². The summed E-state index contributed by atoms with van der Waals surface area (Å²) >= 11 is 0. The normalized spacial score (nSPS) is 12.8. The van der Waals surface area contributed by atoms with E-state index in [1.165, 1.54) is 7.11 Å². The number of ether oxygens (including phenoxy) is 5. The lowest BCUT2D eigenvalue weighted by atomic mass is 9.90. The van der Waals surface area contributed by atoms with Gasteiger partial charge in [-0.3, -0.25) is 4.79 Å². The minimum atomic E-state index is -0.577. The summed E-state index contributed by atoms with van der Waals surface area (Å²) in [7, 11) is 3.10. The molecule has 5 rings (SSSR count). The zero-order valence-electron chi connectivity index (χ0n) is 26.4. The molecule has 0 bridgehead atoms. The number of carbonyl (C=O) groups excluding carboxylic acids is 3. The smallest absolute Gasteiger partial charge is 0.338 e. The number of phenols is 1. The number of ketones is 1. The van der Waals surface area contributed by atoms with Gasteiger partial charge in [-0.25, -0.2) is 9.59 Å². The predicted molar refractivity (Wildman–Crippen MR) is 172 cm³/mol. The fourth-order valence-corrected chi connectivity index (χ4v) is 4.97. The summed E-state index contributed by atoms with van der Waals surface area (Å²) in [5, 5.41) is 9.78. The number of fused-ring (bicyclic) bond motifs is 1. The van der Waals surface area contributed by atoms with Gasteiger partial charge in [0.05, 0.1) is 50.5 Å². The summed E-state index contributed by atoms with van der Waals surface area (Å²) < 4.78 is 27.2. The van der Waals surface area contributed by atoms with Crippen LogP contribution in [0.15, 0.2) is 91.0 Å². The summed E-state index contributed by atoms with van der Waals surface area (Å²) in [5.41, 5.74) is 2.36. The Morgan fingerprint density at radius 2 is 1.24 bits per heavy atom. The van der Waals surface area contributed by atoms with E-state index in [4.69, 9.17) is 23.7 Å². The molecule has 0 radical (unpaired) electrons. The molecule has 240 valence electrons. The topological polar surface area (TPSA) is 118 Å². The molecule has 4 aromatic carbocycles. The van der Waals surface area contributed by atoms with Crippen molar-refractivity contribution in [1.29, 1.82) is 0 Å². The van der Waals surface area contributed by atoms with Crippen LogP contribution in [-0.2, 0) is 22.3 Å². The minimum Gasteiger partial charge on any atom is -0.508 e. The molecule has 0 saturated heterocycles. The van der Waals surface area contributed by atoms with Gasteiger partial charge in [-0.15, -0.1) is 0 Å². The molecule has 0 aliphatic carbocycles. The minimum absolute atomic E-state index is 0.0430. The van der Waals surface area contributed by atoms with Gasteiger partial charge < -0.3 is 28.8 Å². The van der Waals surface area contributed by atoms with Crippen LogP contribution >= 0.6 is 0 Å². The fourth-order valence-electron chi connectivity index (χ4n) is 4.97. The van der Waals surface area contributed by atoms with E-state index in [1.807, 2.05) is 26.0 Å². The molecular weight excluding hydrogens is 588 g/mol. The Kier molecular flexibility index (Phi) is 11.4. The van der Waals surface area contributed by atoms with E-state index in [-0.39, 0.29) is 36.7 Å². The molecule has 0 fully saturated rings. The van der Waals surface area contributed by atoms with Crippen LogP contribution < -0.4 is 14.2 Å². The first-order valence-corrected chi connectivity index (χ1v) is 14.8. The van der Waals surface area contributed by atoms with E-state index < -0.39 is 5.60 Å². The van der Waals surface area contributed by atoms with Gasteiger partial charge in [0.25, 0.3) is 0 Å². The molecule has 0 spiro atoms. The SMILES string of the molecule is COc1ccc2c(c1CCOC(=O)c1ccccc1)OC(C)(C)CC2=O.COc1cccc(O)c1CCOC(=O)c1ccccc1. The highest BCUT2D eigenvalue weighted by atomic mass is 16.5. The van der Waals surface area contributed by atoms with Crippen molar-refractivity contribution in [1.82, 2.24) is 0 Å². The third-order valence-electron chi connectivity index (χ3n) is 7.22. The zero-order valence-corrected chi connectivity index (χ0v) is 26.4. The van der Waals surface area contributed by atoms with Crippen molar-refractivity contribution in [2.45, 2.75) is 38.7 Å². The number of esters is 2. The number of carbonyl (C=O) groups is 3. The Bertz CT molecular complexity index is 1650. The lowest BCUT2D eigenvalue weighted by molar-refractivity contribution is 0.0492. The summed E-state index contributed by atoms with van der Waals surface area (Å²) in [6.07, 6.45) is 1.12. The van der Waals surface area contributed by atoms with Crippen molar-refractivity contribution in [3.05, 3.63) is 119 Å². The lowest BCUT2D eigenvalue weighted by Crippen LogP contribution is -2.36. The molecule has 4 aromatic rings. The average molecular weight is 627 g/mol. The van der Waals surface area contributed by atoms with Crippen molar-refractivity contribution >= 4 is 17.7 Å². The van der Waals surface area contributed by atoms with Crippen molar-refractivity contribution in [3.63, 3.8) is 0 Å². The Morgan fingerprint density at radius 1 is 0.717 bits per heavy atom. The van der Waals surface area contributed by atoms with Crippen LogP contribution in [-0.4, -0.2) is 55.9 Å². The average Bonchev–Trinajstić information content (AvgIpc) is 3.06. The van der Waals surface area contributed by atoms with Gasteiger partial charge in [-0.05, 0) is 62.4 Å².